The normalized spacial score (nSPS) is 16.1. The van der Waals surface area contributed by atoms with Gasteiger partial charge in [0.05, 0.1) is 29.5 Å². The minimum atomic E-state index is -0.355. The van der Waals surface area contributed by atoms with Crippen molar-refractivity contribution < 1.29 is 28.2 Å². The fraction of sp³-hybridized carbons (Fsp3) is 0.333. The number of benzene rings is 2. The maximum atomic E-state index is 13.7. The first-order valence-electron chi connectivity index (χ1n) is 12.0. The van der Waals surface area contributed by atoms with Crippen LogP contribution >= 0.6 is 23.2 Å². The highest BCUT2D eigenvalue weighted by Crippen LogP contribution is 2.33. The molecule has 1 fully saturated rings. The molecule has 0 spiro atoms. The summed E-state index contributed by atoms with van der Waals surface area (Å²) in [5.74, 6) is 1.33. The van der Waals surface area contributed by atoms with Gasteiger partial charge in [-0.15, -0.1) is 0 Å². The van der Waals surface area contributed by atoms with Gasteiger partial charge in [-0.2, -0.15) is 0 Å². The van der Waals surface area contributed by atoms with E-state index in [0.29, 0.717) is 35.4 Å². The van der Waals surface area contributed by atoms with Crippen molar-refractivity contribution in [2.45, 2.75) is 32.0 Å². The first-order chi connectivity index (χ1) is 18.0. The van der Waals surface area contributed by atoms with Gasteiger partial charge in [-0.1, -0.05) is 29.3 Å². The molecular formula is C27H26Cl2N2O6. The average molecular weight is 545 g/mol. The summed E-state index contributed by atoms with van der Waals surface area (Å²) >= 11 is 12.4. The Hall–Kier alpha value is -3.20. The van der Waals surface area contributed by atoms with Crippen molar-refractivity contribution in [1.29, 1.82) is 0 Å². The Morgan fingerprint density at radius 3 is 2.59 bits per heavy atom. The van der Waals surface area contributed by atoms with Crippen LogP contribution in [0.4, 0.5) is 0 Å². The summed E-state index contributed by atoms with van der Waals surface area (Å²) in [4.78, 5) is 30.4. The number of carbonyl (C=O) groups is 2. The van der Waals surface area contributed by atoms with E-state index in [-0.39, 0.29) is 54.9 Å². The molecule has 8 nitrogen and oxygen atoms in total. The van der Waals surface area contributed by atoms with Crippen LogP contribution in [0.25, 0.3) is 0 Å². The first kappa shape index (κ1) is 25.4. The second kappa shape index (κ2) is 11.5. The highest BCUT2D eigenvalue weighted by Gasteiger charge is 2.29. The van der Waals surface area contributed by atoms with Crippen LogP contribution in [0.3, 0.4) is 0 Å². The lowest BCUT2D eigenvalue weighted by atomic mass is 10.1. The summed E-state index contributed by atoms with van der Waals surface area (Å²) in [5, 5.41) is 0.659. The van der Waals surface area contributed by atoms with Crippen molar-refractivity contribution in [3.8, 4) is 11.5 Å². The predicted octanol–water partition coefficient (Wildman–Crippen LogP) is 5.17. The Balaban J connectivity index is 1.38. The Morgan fingerprint density at radius 1 is 0.973 bits per heavy atom. The number of furan rings is 1. The van der Waals surface area contributed by atoms with Crippen molar-refractivity contribution in [2.75, 3.05) is 26.5 Å². The molecule has 2 aliphatic heterocycles. The molecule has 37 heavy (non-hydrogen) atoms. The monoisotopic (exact) mass is 544 g/mol. The number of halogens is 2. The summed E-state index contributed by atoms with van der Waals surface area (Å²) in [6.07, 6.45) is 3.15. The van der Waals surface area contributed by atoms with E-state index in [4.69, 9.17) is 41.8 Å². The lowest BCUT2D eigenvalue weighted by molar-refractivity contribution is -0.133. The molecule has 2 amide bonds. The fourth-order valence-electron chi connectivity index (χ4n) is 4.43. The van der Waals surface area contributed by atoms with Gasteiger partial charge in [-0.3, -0.25) is 9.59 Å². The van der Waals surface area contributed by atoms with Crippen molar-refractivity contribution in [3.63, 3.8) is 0 Å². The minimum Gasteiger partial charge on any atom is -0.467 e. The van der Waals surface area contributed by atoms with Crippen LogP contribution in [0, 0.1) is 0 Å². The fourth-order valence-corrected chi connectivity index (χ4v) is 4.92. The van der Waals surface area contributed by atoms with Gasteiger partial charge in [0.25, 0.3) is 5.91 Å². The Labute approximate surface area is 224 Å². The molecule has 3 heterocycles. The van der Waals surface area contributed by atoms with Gasteiger partial charge < -0.3 is 28.4 Å². The molecule has 0 aliphatic carbocycles. The zero-order chi connectivity index (χ0) is 25.8. The second-order valence-electron chi connectivity index (χ2n) is 8.96. The summed E-state index contributed by atoms with van der Waals surface area (Å²) in [6.45, 7) is 1.47. The molecule has 1 atom stereocenters. The molecule has 1 saturated heterocycles. The summed E-state index contributed by atoms with van der Waals surface area (Å²) < 4.78 is 22.2. The Kier molecular flexibility index (Phi) is 7.88. The number of amides is 2. The maximum Gasteiger partial charge on any atom is 0.255 e. The average Bonchev–Trinajstić information content (AvgIpc) is 3.66. The van der Waals surface area contributed by atoms with E-state index < -0.39 is 0 Å². The van der Waals surface area contributed by atoms with Crippen LogP contribution < -0.4 is 9.47 Å². The number of nitrogens with zero attached hydrogens (tertiary/aromatic N) is 2. The molecule has 3 aromatic rings. The Morgan fingerprint density at radius 2 is 1.84 bits per heavy atom. The van der Waals surface area contributed by atoms with Gasteiger partial charge in [0.1, 0.15) is 12.3 Å². The van der Waals surface area contributed by atoms with Crippen molar-refractivity contribution in [1.82, 2.24) is 9.80 Å². The predicted molar refractivity (Wildman–Crippen MR) is 137 cm³/mol. The molecule has 1 aromatic heterocycles. The largest absolute Gasteiger partial charge is 0.467 e. The lowest BCUT2D eigenvalue weighted by Crippen LogP contribution is -2.45. The van der Waals surface area contributed by atoms with E-state index in [2.05, 4.69) is 0 Å². The highest BCUT2D eigenvalue weighted by atomic mass is 35.5. The van der Waals surface area contributed by atoms with E-state index in [1.807, 2.05) is 24.3 Å². The Bertz CT molecular complexity index is 1260. The third kappa shape index (κ3) is 6.21. The van der Waals surface area contributed by atoms with Crippen LogP contribution in [-0.4, -0.2) is 54.2 Å². The number of fused-ring (bicyclic) bond motifs is 1. The summed E-state index contributed by atoms with van der Waals surface area (Å²) in [5.41, 5.74) is 1.15. The van der Waals surface area contributed by atoms with Crippen LogP contribution in [0.15, 0.2) is 59.2 Å². The molecule has 0 unspecified atom stereocenters. The molecule has 5 rings (SSSR count). The van der Waals surface area contributed by atoms with E-state index in [1.165, 1.54) is 11.0 Å². The zero-order valence-electron chi connectivity index (χ0n) is 20.0. The van der Waals surface area contributed by atoms with Gasteiger partial charge in [-0.05, 0) is 60.9 Å². The zero-order valence-corrected chi connectivity index (χ0v) is 21.5. The number of carbonyl (C=O) groups excluding carboxylic acids is 2. The van der Waals surface area contributed by atoms with Crippen molar-refractivity contribution >= 4 is 35.0 Å². The standard InChI is InChI=1S/C27H26Cl2N2O6/c28-19-6-7-22(23(29)12-19)27(33)31(15-21-4-2-10-35-21)16-26(32)30(14-20-3-1-9-34-20)13-18-5-8-24-25(11-18)37-17-36-24/h1,3,5-9,11-12,21H,2,4,10,13-17H2/t21-/m1/s1. The minimum absolute atomic E-state index is 0.143. The molecule has 194 valence electrons. The van der Waals surface area contributed by atoms with E-state index in [1.54, 1.807) is 29.4 Å². The van der Waals surface area contributed by atoms with E-state index >= 15 is 0 Å². The van der Waals surface area contributed by atoms with Gasteiger partial charge in [0.15, 0.2) is 11.5 Å². The molecule has 0 saturated carbocycles. The van der Waals surface area contributed by atoms with E-state index in [9.17, 15) is 9.59 Å². The van der Waals surface area contributed by atoms with Crippen LogP contribution in [0.5, 0.6) is 11.5 Å². The third-order valence-electron chi connectivity index (χ3n) is 6.31. The SMILES string of the molecule is O=C(CN(C[C@H]1CCCO1)C(=O)c1ccc(Cl)cc1Cl)N(Cc1ccc2c(c1)OCO2)Cc1ccco1. The maximum absolute atomic E-state index is 13.7. The third-order valence-corrected chi connectivity index (χ3v) is 6.86. The number of hydrogen-bond acceptors (Lipinski definition) is 6. The number of rotatable bonds is 9. The molecule has 0 bridgehead atoms. The van der Waals surface area contributed by atoms with Gasteiger partial charge >= 0.3 is 0 Å². The summed E-state index contributed by atoms with van der Waals surface area (Å²) in [6, 6.07) is 13.8. The van der Waals surface area contributed by atoms with Crippen LogP contribution in [0.1, 0.15) is 34.5 Å². The van der Waals surface area contributed by atoms with Gasteiger partial charge in [0.2, 0.25) is 12.7 Å². The molecule has 2 aliphatic rings. The molecule has 2 aromatic carbocycles. The second-order valence-corrected chi connectivity index (χ2v) is 9.81. The highest BCUT2D eigenvalue weighted by molar-refractivity contribution is 6.36. The number of hydrogen-bond donors (Lipinski definition) is 0. The van der Waals surface area contributed by atoms with Crippen LogP contribution in [0.2, 0.25) is 10.0 Å². The number of ether oxygens (including phenoxy) is 3. The summed E-state index contributed by atoms with van der Waals surface area (Å²) in [7, 11) is 0. The molecule has 0 N–H and O–H groups in total. The van der Waals surface area contributed by atoms with E-state index in [0.717, 1.165) is 18.4 Å². The topological polar surface area (TPSA) is 81.5 Å². The smallest absolute Gasteiger partial charge is 0.255 e. The van der Waals surface area contributed by atoms with Crippen molar-refractivity contribution in [2.24, 2.45) is 0 Å². The van der Waals surface area contributed by atoms with Crippen molar-refractivity contribution in [3.05, 3.63) is 81.7 Å². The van der Waals surface area contributed by atoms with Crippen LogP contribution in [-0.2, 0) is 22.6 Å². The lowest BCUT2D eigenvalue weighted by Gasteiger charge is -2.29. The quantitative estimate of drug-likeness (QED) is 0.369. The molecular weight excluding hydrogens is 519 g/mol. The van der Waals surface area contributed by atoms with Gasteiger partial charge in [-0.25, -0.2) is 0 Å². The first-order valence-corrected chi connectivity index (χ1v) is 12.8. The van der Waals surface area contributed by atoms with Gasteiger partial charge in [0, 0.05) is 24.7 Å². The molecule has 0 radical (unpaired) electrons. The molecule has 10 heteroatoms.